The Labute approximate surface area is 79.7 Å². The van der Waals surface area contributed by atoms with Gasteiger partial charge in [-0.15, -0.1) is 0 Å². The molecule has 0 bridgehead atoms. The molecule has 0 saturated heterocycles. The van der Waals surface area contributed by atoms with E-state index in [9.17, 15) is 14.4 Å². The third-order valence-corrected chi connectivity index (χ3v) is 6.27. The molecule has 1 rings (SSSR count). The highest BCUT2D eigenvalue weighted by molar-refractivity contribution is 7.54. The third kappa shape index (κ3) is 1.29. The number of rotatable bonds is 3. The molecule has 0 radical (unpaired) electrons. The summed E-state index contributed by atoms with van der Waals surface area (Å²) < 4.78 is 11.4. The molecule has 3 atom stereocenters. The van der Waals surface area contributed by atoms with Crippen molar-refractivity contribution >= 4 is 7.60 Å². The molecule has 0 heterocycles. The first-order valence-electron chi connectivity index (χ1n) is 4.85. The highest BCUT2D eigenvalue weighted by Gasteiger charge is 2.71. The Hall–Kier alpha value is 0.150. The summed E-state index contributed by atoms with van der Waals surface area (Å²) in [7, 11) is -3.94. The molecule has 78 valence electrons. The van der Waals surface area contributed by atoms with Crippen molar-refractivity contribution < 1.29 is 14.4 Å². The van der Waals surface area contributed by atoms with Gasteiger partial charge in [-0.1, -0.05) is 34.1 Å². The first-order valence-corrected chi connectivity index (χ1v) is 6.47. The molecule has 0 aromatic rings. The summed E-state index contributed by atoms with van der Waals surface area (Å²) in [6.07, 6.45) is 0.833. The summed E-state index contributed by atoms with van der Waals surface area (Å²) >= 11 is 0. The fourth-order valence-electron chi connectivity index (χ4n) is 2.83. The van der Waals surface area contributed by atoms with Crippen LogP contribution in [0.5, 0.6) is 0 Å². The Morgan fingerprint density at radius 2 is 1.77 bits per heavy atom. The average molecular weight is 206 g/mol. The van der Waals surface area contributed by atoms with E-state index in [1.54, 1.807) is 0 Å². The van der Waals surface area contributed by atoms with Crippen molar-refractivity contribution in [3.8, 4) is 0 Å². The predicted molar refractivity (Wildman–Crippen MR) is 52.6 cm³/mol. The largest absolute Gasteiger partial charge is 0.332 e. The third-order valence-electron chi connectivity index (χ3n) is 4.01. The molecule has 13 heavy (non-hydrogen) atoms. The lowest BCUT2D eigenvalue weighted by atomic mass is 10.00. The van der Waals surface area contributed by atoms with Gasteiger partial charge in [-0.2, -0.15) is 0 Å². The zero-order valence-corrected chi connectivity index (χ0v) is 9.58. The van der Waals surface area contributed by atoms with Crippen LogP contribution in [0.2, 0.25) is 0 Å². The lowest BCUT2D eigenvalue weighted by Crippen LogP contribution is -2.23. The second-order valence-electron chi connectivity index (χ2n) is 4.32. The van der Waals surface area contributed by atoms with Crippen LogP contribution in [0.4, 0.5) is 0 Å². The zero-order chi connectivity index (χ0) is 10.4. The molecule has 0 aromatic carbocycles. The minimum absolute atomic E-state index is 0.110. The minimum atomic E-state index is -3.94. The van der Waals surface area contributed by atoms with Gasteiger partial charge in [-0.3, -0.25) is 4.57 Å². The van der Waals surface area contributed by atoms with Crippen molar-refractivity contribution in [3.05, 3.63) is 0 Å². The first kappa shape index (κ1) is 11.2. The van der Waals surface area contributed by atoms with Crippen molar-refractivity contribution in [2.45, 2.75) is 39.3 Å². The van der Waals surface area contributed by atoms with E-state index in [-0.39, 0.29) is 17.8 Å². The molecule has 3 unspecified atom stereocenters. The Bertz CT molecular complexity index is 237. The molecule has 0 aliphatic heterocycles. The van der Waals surface area contributed by atoms with Crippen molar-refractivity contribution in [2.75, 3.05) is 0 Å². The molecule has 1 aliphatic rings. The quantitative estimate of drug-likeness (QED) is 0.696. The summed E-state index contributed by atoms with van der Waals surface area (Å²) in [5.41, 5.74) is 0. The second-order valence-corrected chi connectivity index (χ2v) is 6.18. The van der Waals surface area contributed by atoms with Crippen molar-refractivity contribution in [1.82, 2.24) is 0 Å². The molecule has 3 nitrogen and oxygen atoms in total. The lowest BCUT2D eigenvalue weighted by molar-refractivity contribution is 0.316. The van der Waals surface area contributed by atoms with E-state index in [4.69, 9.17) is 0 Å². The van der Waals surface area contributed by atoms with Gasteiger partial charge in [-0.25, -0.2) is 0 Å². The van der Waals surface area contributed by atoms with Gasteiger partial charge in [0.1, 0.15) is 0 Å². The molecule has 0 aromatic heterocycles. The molecule has 2 N–H and O–H groups in total. The average Bonchev–Trinajstić information content (AvgIpc) is 2.54. The Balaban J connectivity index is 3.01. The van der Waals surface area contributed by atoms with E-state index < -0.39 is 12.8 Å². The number of hydrogen-bond donors (Lipinski definition) is 2. The van der Waals surface area contributed by atoms with Crippen LogP contribution in [0.3, 0.4) is 0 Å². The van der Waals surface area contributed by atoms with Gasteiger partial charge in [-0.05, 0) is 17.8 Å². The van der Waals surface area contributed by atoms with Crippen LogP contribution >= 0.6 is 7.60 Å². The fraction of sp³-hybridized carbons (Fsp3) is 1.00. The van der Waals surface area contributed by atoms with E-state index >= 15 is 0 Å². The van der Waals surface area contributed by atoms with Crippen LogP contribution in [-0.2, 0) is 4.57 Å². The molecule has 1 saturated carbocycles. The SMILES string of the molecule is CCC(C)C1(P(=O)(O)O)C(C)C1C. The van der Waals surface area contributed by atoms with Crippen LogP contribution < -0.4 is 0 Å². The smallest absolute Gasteiger partial charge is 0.324 e. The molecule has 4 heteroatoms. The van der Waals surface area contributed by atoms with Crippen molar-refractivity contribution in [2.24, 2.45) is 17.8 Å². The summed E-state index contributed by atoms with van der Waals surface area (Å²) in [6.45, 7) is 7.81. The standard InChI is InChI=1S/C9H19O3P/c1-5-6(2)9(13(10,11)12)7(3)8(9)4/h6-8H,5H2,1-4H3,(H2,10,11,12). The monoisotopic (exact) mass is 206 g/mol. The Morgan fingerprint density at radius 1 is 1.38 bits per heavy atom. The van der Waals surface area contributed by atoms with Gasteiger partial charge < -0.3 is 9.79 Å². The Morgan fingerprint density at radius 3 is 1.85 bits per heavy atom. The van der Waals surface area contributed by atoms with E-state index in [2.05, 4.69) is 0 Å². The van der Waals surface area contributed by atoms with Crippen LogP contribution in [0.15, 0.2) is 0 Å². The molecule has 0 amide bonds. The minimum Gasteiger partial charge on any atom is -0.324 e. The molecule has 1 fully saturated rings. The maximum absolute atomic E-state index is 11.4. The van der Waals surface area contributed by atoms with Crippen molar-refractivity contribution in [3.63, 3.8) is 0 Å². The van der Waals surface area contributed by atoms with E-state index in [0.717, 1.165) is 6.42 Å². The highest BCUT2D eigenvalue weighted by Crippen LogP contribution is 2.75. The zero-order valence-electron chi connectivity index (χ0n) is 8.69. The number of hydrogen-bond acceptors (Lipinski definition) is 1. The summed E-state index contributed by atoms with van der Waals surface area (Å²) in [5.74, 6) is 0.421. The Kier molecular flexibility index (Phi) is 2.66. The maximum atomic E-state index is 11.4. The van der Waals surface area contributed by atoms with E-state index in [0.29, 0.717) is 0 Å². The van der Waals surface area contributed by atoms with Crippen LogP contribution in [0, 0.1) is 17.8 Å². The van der Waals surface area contributed by atoms with E-state index in [1.807, 2.05) is 27.7 Å². The summed E-state index contributed by atoms with van der Waals surface area (Å²) in [6, 6.07) is 0. The summed E-state index contributed by atoms with van der Waals surface area (Å²) in [4.78, 5) is 18.7. The van der Waals surface area contributed by atoms with Gasteiger partial charge in [0.25, 0.3) is 0 Å². The van der Waals surface area contributed by atoms with Gasteiger partial charge >= 0.3 is 7.60 Å². The molecule has 1 aliphatic carbocycles. The van der Waals surface area contributed by atoms with E-state index in [1.165, 1.54) is 0 Å². The normalized spacial score (nSPS) is 41.7. The lowest BCUT2D eigenvalue weighted by Gasteiger charge is -2.25. The van der Waals surface area contributed by atoms with Crippen LogP contribution in [0.1, 0.15) is 34.1 Å². The van der Waals surface area contributed by atoms with Crippen LogP contribution in [0.25, 0.3) is 0 Å². The van der Waals surface area contributed by atoms with Gasteiger partial charge in [0.2, 0.25) is 0 Å². The highest BCUT2D eigenvalue weighted by atomic mass is 31.2. The predicted octanol–water partition coefficient (Wildman–Crippen LogP) is 2.23. The van der Waals surface area contributed by atoms with Gasteiger partial charge in [0.15, 0.2) is 0 Å². The molecular formula is C9H19O3P. The van der Waals surface area contributed by atoms with Gasteiger partial charge in [0, 0.05) is 0 Å². The molecule has 0 spiro atoms. The topological polar surface area (TPSA) is 57.5 Å². The second kappa shape index (κ2) is 3.08. The first-order chi connectivity index (χ1) is 5.80. The maximum Gasteiger partial charge on any atom is 0.332 e. The van der Waals surface area contributed by atoms with Crippen molar-refractivity contribution in [1.29, 1.82) is 0 Å². The van der Waals surface area contributed by atoms with Gasteiger partial charge in [0.05, 0.1) is 5.16 Å². The summed E-state index contributed by atoms with van der Waals surface area (Å²) in [5, 5.41) is -0.720. The molecular weight excluding hydrogens is 187 g/mol. The van der Waals surface area contributed by atoms with Crippen LogP contribution in [-0.4, -0.2) is 14.9 Å². The fourth-order valence-corrected chi connectivity index (χ4v) is 5.02.